The summed E-state index contributed by atoms with van der Waals surface area (Å²) in [6.45, 7) is 6.08. The van der Waals surface area contributed by atoms with Gasteiger partial charge in [-0.25, -0.2) is 9.97 Å². The van der Waals surface area contributed by atoms with Crippen molar-refractivity contribution in [3.05, 3.63) is 17.5 Å². The lowest BCUT2D eigenvalue weighted by atomic mass is 10.3. The van der Waals surface area contributed by atoms with Crippen molar-refractivity contribution in [2.75, 3.05) is 18.4 Å². The molecule has 0 unspecified atom stereocenters. The third kappa shape index (κ3) is 3.32. The summed E-state index contributed by atoms with van der Waals surface area (Å²) >= 11 is 0. The standard InChI is InChI=1S/C10H16N4.ClH/c1-7-5-8(2)13-10(12-7)14-9-3-4-11-6-9;/h5,9,11H,3-4,6H2,1-2H3,(H,12,13,14);1H/t9-;/m1./s1. The van der Waals surface area contributed by atoms with Crippen LogP contribution in [0.15, 0.2) is 6.07 Å². The van der Waals surface area contributed by atoms with Crippen LogP contribution in [0.25, 0.3) is 0 Å². The highest BCUT2D eigenvalue weighted by atomic mass is 35.5. The molecule has 0 aliphatic carbocycles. The van der Waals surface area contributed by atoms with Gasteiger partial charge in [0, 0.05) is 24.0 Å². The maximum absolute atomic E-state index is 4.35. The molecule has 0 amide bonds. The van der Waals surface area contributed by atoms with E-state index in [1.807, 2.05) is 19.9 Å². The van der Waals surface area contributed by atoms with Gasteiger partial charge in [0.2, 0.25) is 5.95 Å². The normalized spacial score (nSPS) is 19.7. The molecule has 1 aliphatic heterocycles. The van der Waals surface area contributed by atoms with Gasteiger partial charge in [-0.1, -0.05) is 0 Å². The summed E-state index contributed by atoms with van der Waals surface area (Å²) in [5.41, 5.74) is 2.04. The maximum atomic E-state index is 4.35. The Bertz CT molecular complexity index is 303. The first-order chi connectivity index (χ1) is 6.74. The van der Waals surface area contributed by atoms with Gasteiger partial charge in [0.05, 0.1) is 0 Å². The van der Waals surface area contributed by atoms with E-state index in [0.29, 0.717) is 6.04 Å². The van der Waals surface area contributed by atoms with Crippen molar-refractivity contribution in [2.45, 2.75) is 26.3 Å². The number of halogens is 1. The van der Waals surface area contributed by atoms with E-state index in [-0.39, 0.29) is 12.4 Å². The summed E-state index contributed by atoms with van der Waals surface area (Å²) in [7, 11) is 0. The summed E-state index contributed by atoms with van der Waals surface area (Å²) in [6, 6.07) is 2.47. The van der Waals surface area contributed by atoms with E-state index < -0.39 is 0 Å². The fourth-order valence-electron chi connectivity index (χ4n) is 1.75. The Kier molecular flexibility index (Phi) is 4.29. The van der Waals surface area contributed by atoms with E-state index in [2.05, 4.69) is 20.6 Å². The Morgan fingerprint density at radius 3 is 2.53 bits per heavy atom. The second-order valence-electron chi connectivity index (χ2n) is 3.81. The van der Waals surface area contributed by atoms with Crippen molar-refractivity contribution in [1.82, 2.24) is 15.3 Å². The predicted octanol–water partition coefficient (Wildman–Crippen LogP) is 1.29. The minimum atomic E-state index is 0. The van der Waals surface area contributed by atoms with E-state index in [9.17, 15) is 0 Å². The minimum absolute atomic E-state index is 0. The molecule has 1 aromatic heterocycles. The Hall–Kier alpha value is -0.870. The molecule has 2 rings (SSSR count). The number of hydrogen-bond donors (Lipinski definition) is 2. The van der Waals surface area contributed by atoms with Gasteiger partial charge in [0.1, 0.15) is 0 Å². The third-order valence-electron chi connectivity index (χ3n) is 2.38. The molecule has 1 fully saturated rings. The van der Waals surface area contributed by atoms with Crippen LogP contribution in [0.5, 0.6) is 0 Å². The Labute approximate surface area is 96.3 Å². The van der Waals surface area contributed by atoms with Gasteiger partial charge in [0.25, 0.3) is 0 Å². The van der Waals surface area contributed by atoms with Gasteiger partial charge in [-0.2, -0.15) is 0 Å². The summed E-state index contributed by atoms with van der Waals surface area (Å²) in [5, 5.41) is 6.64. The SMILES string of the molecule is Cc1cc(C)nc(N[C@@H]2CCNC2)n1.Cl. The lowest BCUT2D eigenvalue weighted by Gasteiger charge is -2.11. The third-order valence-corrected chi connectivity index (χ3v) is 2.38. The molecule has 2 heterocycles. The molecule has 4 nitrogen and oxygen atoms in total. The van der Waals surface area contributed by atoms with Crippen LogP contribution in [0, 0.1) is 13.8 Å². The van der Waals surface area contributed by atoms with Crippen molar-refractivity contribution in [3.8, 4) is 0 Å². The van der Waals surface area contributed by atoms with Crippen LogP contribution in [0.4, 0.5) is 5.95 Å². The van der Waals surface area contributed by atoms with E-state index in [1.54, 1.807) is 0 Å². The number of anilines is 1. The fraction of sp³-hybridized carbons (Fsp3) is 0.600. The first-order valence-electron chi connectivity index (χ1n) is 5.03. The number of nitrogens with one attached hydrogen (secondary N) is 2. The highest BCUT2D eigenvalue weighted by Gasteiger charge is 2.14. The van der Waals surface area contributed by atoms with Gasteiger partial charge in [0.15, 0.2) is 0 Å². The van der Waals surface area contributed by atoms with Crippen LogP contribution >= 0.6 is 12.4 Å². The Morgan fingerprint density at radius 2 is 2.00 bits per heavy atom. The summed E-state index contributed by atoms with van der Waals surface area (Å²) in [5.74, 6) is 0.760. The van der Waals surface area contributed by atoms with Crippen LogP contribution in [0.3, 0.4) is 0 Å². The quantitative estimate of drug-likeness (QED) is 0.801. The molecule has 1 saturated heterocycles. The highest BCUT2D eigenvalue weighted by Crippen LogP contribution is 2.08. The van der Waals surface area contributed by atoms with Gasteiger partial charge >= 0.3 is 0 Å². The fourth-order valence-corrected chi connectivity index (χ4v) is 1.75. The van der Waals surface area contributed by atoms with Crippen molar-refractivity contribution in [3.63, 3.8) is 0 Å². The number of rotatable bonds is 2. The van der Waals surface area contributed by atoms with Crippen LogP contribution in [0.1, 0.15) is 17.8 Å². The second-order valence-corrected chi connectivity index (χ2v) is 3.81. The molecule has 0 bridgehead atoms. The summed E-state index contributed by atoms with van der Waals surface area (Å²) in [6.07, 6.45) is 1.15. The zero-order valence-electron chi connectivity index (χ0n) is 9.08. The largest absolute Gasteiger partial charge is 0.350 e. The molecule has 0 radical (unpaired) electrons. The first kappa shape index (κ1) is 12.2. The van der Waals surface area contributed by atoms with Crippen molar-refractivity contribution >= 4 is 18.4 Å². The zero-order chi connectivity index (χ0) is 9.97. The maximum Gasteiger partial charge on any atom is 0.223 e. The van der Waals surface area contributed by atoms with Crippen LogP contribution in [0.2, 0.25) is 0 Å². The highest BCUT2D eigenvalue weighted by molar-refractivity contribution is 5.85. The van der Waals surface area contributed by atoms with E-state index in [4.69, 9.17) is 0 Å². The average molecular weight is 229 g/mol. The molecular weight excluding hydrogens is 212 g/mol. The van der Waals surface area contributed by atoms with Gasteiger partial charge < -0.3 is 10.6 Å². The van der Waals surface area contributed by atoms with E-state index >= 15 is 0 Å². The van der Waals surface area contributed by atoms with Gasteiger partial charge in [-0.05, 0) is 32.9 Å². The summed E-state index contributed by atoms with van der Waals surface area (Å²) in [4.78, 5) is 8.70. The number of aryl methyl sites for hydroxylation is 2. The number of hydrogen-bond acceptors (Lipinski definition) is 4. The van der Waals surface area contributed by atoms with Crippen LogP contribution < -0.4 is 10.6 Å². The molecule has 0 saturated carbocycles. The molecule has 0 aromatic carbocycles. The molecular formula is C10H17ClN4. The minimum Gasteiger partial charge on any atom is -0.350 e. The van der Waals surface area contributed by atoms with Gasteiger partial charge in [-0.3, -0.25) is 0 Å². The van der Waals surface area contributed by atoms with Crippen molar-refractivity contribution in [1.29, 1.82) is 0 Å². The molecule has 15 heavy (non-hydrogen) atoms. The van der Waals surface area contributed by atoms with Crippen LogP contribution in [-0.4, -0.2) is 29.1 Å². The molecule has 1 aromatic rings. The number of aromatic nitrogens is 2. The number of nitrogens with zero attached hydrogens (tertiary/aromatic N) is 2. The molecule has 1 atom stereocenters. The Balaban J connectivity index is 0.00000112. The predicted molar refractivity (Wildman–Crippen MR) is 63.7 cm³/mol. The van der Waals surface area contributed by atoms with Gasteiger partial charge in [-0.15, -0.1) is 12.4 Å². The van der Waals surface area contributed by atoms with Crippen molar-refractivity contribution in [2.24, 2.45) is 0 Å². The molecule has 84 valence electrons. The topological polar surface area (TPSA) is 49.8 Å². The lowest BCUT2D eigenvalue weighted by Crippen LogP contribution is -2.23. The molecule has 2 N–H and O–H groups in total. The van der Waals surface area contributed by atoms with Crippen LogP contribution in [-0.2, 0) is 0 Å². The molecule has 1 aliphatic rings. The second kappa shape index (κ2) is 5.28. The summed E-state index contributed by atoms with van der Waals surface area (Å²) < 4.78 is 0. The lowest BCUT2D eigenvalue weighted by molar-refractivity contribution is 0.777. The smallest absolute Gasteiger partial charge is 0.223 e. The molecule has 5 heteroatoms. The zero-order valence-corrected chi connectivity index (χ0v) is 9.90. The first-order valence-corrected chi connectivity index (χ1v) is 5.03. The van der Waals surface area contributed by atoms with E-state index in [0.717, 1.165) is 36.8 Å². The average Bonchev–Trinajstić information content (AvgIpc) is 2.54. The molecule has 0 spiro atoms. The van der Waals surface area contributed by atoms with Crippen molar-refractivity contribution < 1.29 is 0 Å². The monoisotopic (exact) mass is 228 g/mol. The Morgan fingerprint density at radius 1 is 1.33 bits per heavy atom. The van der Waals surface area contributed by atoms with E-state index in [1.165, 1.54) is 0 Å².